The molecule has 204 valence electrons. The largest absolute Gasteiger partial charge is 0.454 e. The third-order valence-electron chi connectivity index (χ3n) is 7.35. The van der Waals surface area contributed by atoms with Crippen LogP contribution in [0.3, 0.4) is 0 Å². The molecule has 0 radical (unpaired) electrons. The lowest BCUT2D eigenvalue weighted by Gasteiger charge is -2.28. The molecule has 0 N–H and O–H groups in total. The molecule has 2 aliphatic rings. The van der Waals surface area contributed by atoms with Crippen molar-refractivity contribution in [2.24, 2.45) is 7.05 Å². The van der Waals surface area contributed by atoms with Crippen LogP contribution in [0.2, 0.25) is 0 Å². The van der Waals surface area contributed by atoms with Crippen molar-refractivity contribution in [2.75, 3.05) is 31.3 Å². The summed E-state index contributed by atoms with van der Waals surface area (Å²) in [6.45, 7) is 8.36. The molecule has 1 aromatic carbocycles. The zero-order chi connectivity index (χ0) is 26.9. The van der Waals surface area contributed by atoms with E-state index in [-0.39, 0.29) is 12.7 Å². The summed E-state index contributed by atoms with van der Waals surface area (Å²) in [7, 11) is 2.03. The molecule has 2 atom stereocenters. The third-order valence-corrected chi connectivity index (χ3v) is 7.35. The Labute approximate surface area is 226 Å². The summed E-state index contributed by atoms with van der Waals surface area (Å²) in [6, 6.07) is 10.4. The number of rotatable bonds is 10. The number of imidazole rings is 1. The first-order chi connectivity index (χ1) is 18.6. The summed E-state index contributed by atoms with van der Waals surface area (Å²) in [4.78, 5) is 26.7. The highest BCUT2D eigenvalue weighted by Crippen LogP contribution is 2.39. The van der Waals surface area contributed by atoms with E-state index >= 15 is 0 Å². The number of likely N-dealkylation sites (tertiary alicyclic amines) is 1. The van der Waals surface area contributed by atoms with Crippen molar-refractivity contribution in [2.45, 2.75) is 64.8 Å². The predicted molar refractivity (Wildman–Crippen MR) is 150 cm³/mol. The Morgan fingerprint density at radius 3 is 2.74 bits per heavy atom. The zero-order valence-corrected chi connectivity index (χ0v) is 23.2. The minimum Gasteiger partial charge on any atom is -0.454 e. The molecule has 0 unspecified atom stereocenters. The minimum atomic E-state index is 0.129. The monoisotopic (exact) mass is 519 g/mol. The average molecular weight is 520 g/mol. The lowest BCUT2D eigenvalue weighted by molar-refractivity contribution is -0.120. The van der Waals surface area contributed by atoms with Crippen molar-refractivity contribution in [1.29, 1.82) is 0 Å². The van der Waals surface area contributed by atoms with E-state index in [9.17, 15) is 4.79 Å². The first-order valence-electron chi connectivity index (χ1n) is 13.9. The van der Waals surface area contributed by atoms with Crippen LogP contribution in [0.1, 0.15) is 63.8 Å². The summed E-state index contributed by atoms with van der Waals surface area (Å²) >= 11 is 0. The molecule has 1 fully saturated rings. The smallest absolute Gasteiger partial charge is 0.241 e. The molecule has 0 aliphatic carbocycles. The van der Waals surface area contributed by atoms with Crippen molar-refractivity contribution in [3.8, 4) is 11.5 Å². The summed E-state index contributed by atoms with van der Waals surface area (Å²) in [5, 5.41) is 0. The van der Waals surface area contributed by atoms with Gasteiger partial charge < -0.3 is 18.9 Å². The first kappa shape index (κ1) is 27.6. The quantitative estimate of drug-likeness (QED) is 0.367. The number of amides is 1. The standard InChI is InChI=1S/C28H35N5O3.C2H6/c1-3-4-13-33(24-6-5-11-29-17-24)28(34)19-32-18-22(21-7-9-25-26(16-21)36-20-35-25)15-23(32)8-10-27-30-12-14-31(27)2;1-2/h5-7,9,11-12,14,16-17,22-23H,3-4,8,10,13,15,18-20H2,1-2H3;1-2H3/t22-,23+;/m1./s1. The van der Waals surface area contributed by atoms with Gasteiger partial charge in [-0.2, -0.15) is 0 Å². The number of carbonyl (C=O) groups excluding carboxylic acids is 1. The molecule has 38 heavy (non-hydrogen) atoms. The van der Waals surface area contributed by atoms with Crippen molar-refractivity contribution in [1.82, 2.24) is 19.4 Å². The van der Waals surface area contributed by atoms with Crippen LogP contribution in [0.4, 0.5) is 5.69 Å². The highest BCUT2D eigenvalue weighted by Gasteiger charge is 2.35. The number of aryl methyl sites for hydroxylation is 2. The number of ether oxygens (including phenoxy) is 2. The highest BCUT2D eigenvalue weighted by molar-refractivity contribution is 5.94. The molecule has 8 nitrogen and oxygen atoms in total. The van der Waals surface area contributed by atoms with Gasteiger partial charge in [0.15, 0.2) is 11.5 Å². The van der Waals surface area contributed by atoms with Crippen LogP contribution in [0.15, 0.2) is 55.1 Å². The third kappa shape index (κ3) is 6.54. The van der Waals surface area contributed by atoms with Crippen molar-refractivity contribution in [3.05, 3.63) is 66.5 Å². The number of benzene rings is 1. The number of nitrogens with zero attached hydrogens (tertiary/aromatic N) is 5. The molecule has 5 rings (SSSR count). The number of aromatic nitrogens is 3. The van der Waals surface area contributed by atoms with Gasteiger partial charge in [0.2, 0.25) is 12.7 Å². The summed E-state index contributed by atoms with van der Waals surface area (Å²) in [5.41, 5.74) is 2.11. The van der Waals surface area contributed by atoms with E-state index in [2.05, 4.69) is 38.5 Å². The second-order valence-electron chi connectivity index (χ2n) is 9.73. The second-order valence-corrected chi connectivity index (χ2v) is 9.73. The van der Waals surface area contributed by atoms with Crippen molar-refractivity contribution in [3.63, 3.8) is 0 Å². The predicted octanol–water partition coefficient (Wildman–Crippen LogP) is 5.19. The number of hydrogen-bond acceptors (Lipinski definition) is 6. The molecule has 0 bridgehead atoms. The van der Waals surface area contributed by atoms with Gasteiger partial charge in [-0.15, -0.1) is 0 Å². The van der Waals surface area contributed by atoms with Crippen LogP contribution in [0, 0.1) is 0 Å². The zero-order valence-electron chi connectivity index (χ0n) is 23.2. The van der Waals surface area contributed by atoms with E-state index in [4.69, 9.17) is 9.47 Å². The normalized spacial score (nSPS) is 18.2. The first-order valence-corrected chi connectivity index (χ1v) is 13.9. The van der Waals surface area contributed by atoms with E-state index in [0.717, 1.165) is 61.7 Å². The summed E-state index contributed by atoms with van der Waals surface area (Å²) in [6.07, 6.45) is 12.2. The average Bonchev–Trinajstić information content (AvgIpc) is 3.69. The molecule has 0 saturated carbocycles. The topological polar surface area (TPSA) is 72.7 Å². The lowest BCUT2D eigenvalue weighted by Crippen LogP contribution is -2.43. The van der Waals surface area contributed by atoms with Gasteiger partial charge in [-0.05, 0) is 55.0 Å². The van der Waals surface area contributed by atoms with Crippen molar-refractivity contribution < 1.29 is 14.3 Å². The molecular weight excluding hydrogens is 478 g/mol. The van der Waals surface area contributed by atoms with E-state index in [0.29, 0.717) is 25.0 Å². The number of anilines is 1. The Morgan fingerprint density at radius 2 is 2.00 bits per heavy atom. The summed E-state index contributed by atoms with van der Waals surface area (Å²) in [5.74, 6) is 3.16. The Morgan fingerprint density at radius 1 is 1.16 bits per heavy atom. The molecule has 2 aliphatic heterocycles. The maximum absolute atomic E-state index is 13.6. The molecule has 3 aromatic rings. The molecule has 2 aromatic heterocycles. The van der Waals surface area contributed by atoms with Gasteiger partial charge in [0.05, 0.1) is 18.4 Å². The fraction of sp³-hybridized carbons (Fsp3) is 0.500. The maximum Gasteiger partial charge on any atom is 0.241 e. The Balaban J connectivity index is 0.00000164. The van der Waals surface area contributed by atoms with E-state index in [1.54, 1.807) is 12.4 Å². The van der Waals surface area contributed by atoms with Gasteiger partial charge in [0.1, 0.15) is 5.82 Å². The van der Waals surface area contributed by atoms with Gasteiger partial charge in [-0.3, -0.25) is 14.7 Å². The second kappa shape index (κ2) is 13.4. The van der Waals surface area contributed by atoms with Gasteiger partial charge in [-0.1, -0.05) is 33.3 Å². The SMILES string of the molecule is CC.CCCCN(C(=O)CN1C[C@H](c2ccc3c(c2)OCO3)C[C@@H]1CCc1nccn1C)c1cccnc1. The number of fused-ring (bicyclic) bond motifs is 1. The number of carbonyl (C=O) groups is 1. The molecule has 1 saturated heterocycles. The maximum atomic E-state index is 13.6. The summed E-state index contributed by atoms with van der Waals surface area (Å²) < 4.78 is 13.2. The highest BCUT2D eigenvalue weighted by atomic mass is 16.7. The van der Waals surface area contributed by atoms with Gasteiger partial charge in [-0.25, -0.2) is 4.98 Å². The molecule has 0 spiro atoms. The van der Waals surface area contributed by atoms with Crippen LogP contribution in [0.5, 0.6) is 11.5 Å². The van der Waals surface area contributed by atoms with Gasteiger partial charge in [0, 0.05) is 51.2 Å². The van der Waals surface area contributed by atoms with Crippen LogP contribution < -0.4 is 14.4 Å². The van der Waals surface area contributed by atoms with Crippen LogP contribution in [0.25, 0.3) is 0 Å². The van der Waals surface area contributed by atoms with E-state index in [1.165, 1.54) is 5.56 Å². The Kier molecular flexibility index (Phi) is 9.76. The number of unbranched alkanes of at least 4 members (excludes halogenated alkanes) is 1. The number of hydrogen-bond donors (Lipinski definition) is 0. The van der Waals surface area contributed by atoms with Gasteiger partial charge in [0.25, 0.3) is 0 Å². The number of pyridine rings is 1. The Bertz CT molecular complexity index is 1170. The van der Waals surface area contributed by atoms with Crippen LogP contribution in [-0.4, -0.2) is 57.8 Å². The van der Waals surface area contributed by atoms with E-state index < -0.39 is 0 Å². The minimum absolute atomic E-state index is 0.129. The molecule has 1 amide bonds. The molecular formula is C30H41N5O3. The fourth-order valence-electron chi connectivity index (χ4n) is 5.31. The van der Waals surface area contributed by atoms with Crippen molar-refractivity contribution >= 4 is 11.6 Å². The van der Waals surface area contributed by atoms with Crippen LogP contribution >= 0.6 is 0 Å². The lowest BCUT2D eigenvalue weighted by atomic mass is 9.94. The molecule has 8 heteroatoms. The fourth-order valence-corrected chi connectivity index (χ4v) is 5.31. The van der Waals surface area contributed by atoms with Gasteiger partial charge >= 0.3 is 0 Å². The van der Waals surface area contributed by atoms with E-state index in [1.807, 2.05) is 56.4 Å². The van der Waals surface area contributed by atoms with Crippen LogP contribution in [-0.2, 0) is 18.3 Å². The Hall–Kier alpha value is -3.39. The molecule has 4 heterocycles.